The van der Waals surface area contributed by atoms with Crippen LogP contribution in [-0.4, -0.2) is 35.3 Å². The minimum atomic E-state index is -0.841. The van der Waals surface area contributed by atoms with Crippen molar-refractivity contribution in [2.75, 3.05) is 6.54 Å². The predicted octanol–water partition coefficient (Wildman–Crippen LogP) is 3.28. The van der Waals surface area contributed by atoms with Gasteiger partial charge in [0, 0.05) is 30.1 Å². The van der Waals surface area contributed by atoms with Crippen molar-refractivity contribution in [2.24, 2.45) is 0 Å². The number of hydrogen-bond donors (Lipinski definition) is 1. The first-order valence-electron chi connectivity index (χ1n) is 8.79. The fourth-order valence-corrected chi connectivity index (χ4v) is 4.60. The van der Waals surface area contributed by atoms with E-state index in [1.165, 1.54) is 19.3 Å². The standard InChI is InChI=1S/C19H25ClN2O2/c1-13-6-5-7-14(2)22(13)11-10-19(12-17(23)21-18(19)24)15-8-3-4-9-16(15)20/h3-4,8-9,13-14H,5-7,10-12H2,1-2H3,(H,21,23,24). The number of piperidine rings is 1. The largest absolute Gasteiger partial charge is 0.298 e. The molecule has 24 heavy (non-hydrogen) atoms. The second kappa shape index (κ2) is 6.85. The molecule has 4 nitrogen and oxygen atoms in total. The van der Waals surface area contributed by atoms with Crippen LogP contribution in [-0.2, 0) is 15.0 Å². The molecule has 2 heterocycles. The molecule has 130 valence electrons. The third-order valence-corrected chi connectivity index (χ3v) is 6.04. The van der Waals surface area contributed by atoms with Gasteiger partial charge in [0.1, 0.15) is 0 Å². The van der Waals surface area contributed by atoms with Crippen LogP contribution >= 0.6 is 11.6 Å². The number of nitrogens with one attached hydrogen (secondary N) is 1. The van der Waals surface area contributed by atoms with Gasteiger partial charge in [0.15, 0.2) is 0 Å². The van der Waals surface area contributed by atoms with E-state index in [0.717, 1.165) is 12.1 Å². The molecule has 0 aromatic heterocycles. The molecule has 2 saturated heterocycles. The van der Waals surface area contributed by atoms with Crippen LogP contribution in [0.3, 0.4) is 0 Å². The quantitative estimate of drug-likeness (QED) is 0.849. The van der Waals surface area contributed by atoms with Gasteiger partial charge in [0.25, 0.3) is 0 Å². The van der Waals surface area contributed by atoms with Gasteiger partial charge in [-0.15, -0.1) is 0 Å². The lowest BCUT2D eigenvalue weighted by atomic mass is 9.75. The molecule has 3 unspecified atom stereocenters. The second-order valence-electron chi connectivity index (χ2n) is 7.23. The molecule has 0 bridgehead atoms. The Hall–Kier alpha value is -1.39. The SMILES string of the molecule is CC1CCCC(C)N1CCC1(c2ccccc2Cl)CC(=O)NC1=O. The third-order valence-electron chi connectivity index (χ3n) is 5.71. The van der Waals surface area contributed by atoms with Gasteiger partial charge in [0.2, 0.25) is 11.8 Å². The molecule has 1 aromatic carbocycles. The van der Waals surface area contributed by atoms with Crippen LogP contribution in [0.4, 0.5) is 0 Å². The molecule has 2 aliphatic rings. The van der Waals surface area contributed by atoms with E-state index < -0.39 is 5.41 Å². The first-order chi connectivity index (χ1) is 11.4. The number of benzene rings is 1. The van der Waals surface area contributed by atoms with Gasteiger partial charge in [-0.3, -0.25) is 19.8 Å². The van der Waals surface area contributed by atoms with Crippen molar-refractivity contribution in [1.82, 2.24) is 10.2 Å². The van der Waals surface area contributed by atoms with E-state index in [0.29, 0.717) is 23.5 Å². The number of likely N-dealkylation sites (tertiary alicyclic amines) is 1. The van der Waals surface area contributed by atoms with Crippen LogP contribution < -0.4 is 5.32 Å². The molecule has 2 aliphatic heterocycles. The van der Waals surface area contributed by atoms with Crippen LogP contribution in [0.5, 0.6) is 0 Å². The lowest BCUT2D eigenvalue weighted by Gasteiger charge is -2.40. The molecule has 0 saturated carbocycles. The highest BCUT2D eigenvalue weighted by molar-refractivity contribution is 6.32. The topological polar surface area (TPSA) is 49.4 Å². The Bertz CT molecular complexity index is 638. The lowest BCUT2D eigenvalue weighted by molar-refractivity contribution is -0.126. The molecule has 1 aromatic rings. The number of halogens is 1. The van der Waals surface area contributed by atoms with Crippen molar-refractivity contribution in [3.63, 3.8) is 0 Å². The highest BCUT2D eigenvalue weighted by Crippen LogP contribution is 2.40. The zero-order valence-electron chi connectivity index (χ0n) is 14.3. The van der Waals surface area contributed by atoms with Gasteiger partial charge in [-0.25, -0.2) is 0 Å². The molecule has 3 rings (SSSR count). The molecule has 5 heteroatoms. The molecule has 0 spiro atoms. The van der Waals surface area contributed by atoms with Crippen molar-refractivity contribution in [3.05, 3.63) is 34.9 Å². The summed E-state index contributed by atoms with van der Waals surface area (Å²) in [5.41, 5.74) is -0.0703. The minimum Gasteiger partial charge on any atom is -0.298 e. The van der Waals surface area contributed by atoms with Gasteiger partial charge in [-0.2, -0.15) is 0 Å². The number of amides is 2. The summed E-state index contributed by atoms with van der Waals surface area (Å²) >= 11 is 6.38. The summed E-state index contributed by atoms with van der Waals surface area (Å²) in [6, 6.07) is 8.42. The zero-order valence-corrected chi connectivity index (χ0v) is 15.1. The Morgan fingerprint density at radius 1 is 1.21 bits per heavy atom. The average Bonchev–Trinajstić information content (AvgIpc) is 2.82. The minimum absolute atomic E-state index is 0.187. The van der Waals surface area contributed by atoms with Gasteiger partial charge in [-0.05, 0) is 44.7 Å². The summed E-state index contributed by atoms with van der Waals surface area (Å²) in [6.45, 7) is 5.30. The number of imide groups is 1. The Kier molecular flexibility index (Phi) is 4.97. The van der Waals surface area contributed by atoms with Crippen LogP contribution in [0.1, 0.15) is 51.5 Å². The first kappa shape index (κ1) is 17.4. The van der Waals surface area contributed by atoms with Crippen molar-refractivity contribution >= 4 is 23.4 Å². The Labute approximate surface area is 148 Å². The Balaban J connectivity index is 1.88. The average molecular weight is 349 g/mol. The molecular weight excluding hydrogens is 324 g/mol. The number of rotatable bonds is 4. The number of nitrogens with zero attached hydrogens (tertiary/aromatic N) is 1. The first-order valence-corrected chi connectivity index (χ1v) is 9.17. The second-order valence-corrected chi connectivity index (χ2v) is 7.64. The van der Waals surface area contributed by atoms with Gasteiger partial charge < -0.3 is 0 Å². The summed E-state index contributed by atoms with van der Waals surface area (Å²) in [7, 11) is 0. The summed E-state index contributed by atoms with van der Waals surface area (Å²) in [4.78, 5) is 27.1. The van der Waals surface area contributed by atoms with E-state index in [1.54, 1.807) is 6.07 Å². The normalized spacial score (nSPS) is 31.3. The molecule has 1 N–H and O–H groups in total. The maximum atomic E-state index is 12.7. The number of hydrogen-bond acceptors (Lipinski definition) is 3. The summed E-state index contributed by atoms with van der Waals surface area (Å²) in [5, 5.41) is 3.05. The maximum Gasteiger partial charge on any atom is 0.237 e. The van der Waals surface area contributed by atoms with E-state index in [9.17, 15) is 9.59 Å². The van der Waals surface area contributed by atoms with Gasteiger partial charge >= 0.3 is 0 Å². The fourth-order valence-electron chi connectivity index (χ4n) is 4.28. The van der Waals surface area contributed by atoms with Gasteiger partial charge in [-0.1, -0.05) is 36.2 Å². The summed E-state index contributed by atoms with van der Waals surface area (Å²) in [6.07, 6.45) is 4.44. The molecule has 3 atom stereocenters. The van der Waals surface area contributed by atoms with E-state index in [-0.39, 0.29) is 18.2 Å². The third kappa shape index (κ3) is 3.09. The van der Waals surface area contributed by atoms with Crippen molar-refractivity contribution in [2.45, 2.75) is 63.5 Å². The summed E-state index contributed by atoms with van der Waals surface area (Å²) < 4.78 is 0. The monoisotopic (exact) mass is 348 g/mol. The van der Waals surface area contributed by atoms with E-state index in [1.807, 2.05) is 18.2 Å². The number of carbonyl (C=O) groups is 2. The van der Waals surface area contributed by atoms with Crippen molar-refractivity contribution in [3.8, 4) is 0 Å². The fraction of sp³-hybridized carbons (Fsp3) is 0.579. The highest BCUT2D eigenvalue weighted by Gasteiger charge is 2.49. The van der Waals surface area contributed by atoms with Crippen LogP contribution in [0, 0.1) is 0 Å². The Morgan fingerprint density at radius 3 is 2.46 bits per heavy atom. The molecule has 0 radical (unpaired) electrons. The Morgan fingerprint density at radius 2 is 1.88 bits per heavy atom. The smallest absolute Gasteiger partial charge is 0.237 e. The maximum absolute atomic E-state index is 12.7. The van der Waals surface area contributed by atoms with Crippen molar-refractivity contribution < 1.29 is 9.59 Å². The molecular formula is C19H25ClN2O2. The molecule has 2 fully saturated rings. The summed E-state index contributed by atoms with van der Waals surface area (Å²) in [5.74, 6) is -0.419. The van der Waals surface area contributed by atoms with Crippen LogP contribution in [0.15, 0.2) is 24.3 Å². The van der Waals surface area contributed by atoms with E-state index in [2.05, 4.69) is 24.1 Å². The predicted molar refractivity (Wildman–Crippen MR) is 95.0 cm³/mol. The lowest BCUT2D eigenvalue weighted by Crippen LogP contribution is -2.47. The van der Waals surface area contributed by atoms with Gasteiger partial charge in [0.05, 0.1) is 5.41 Å². The molecule has 2 amide bonds. The molecule has 0 aliphatic carbocycles. The van der Waals surface area contributed by atoms with Crippen LogP contribution in [0.2, 0.25) is 5.02 Å². The van der Waals surface area contributed by atoms with E-state index in [4.69, 9.17) is 11.6 Å². The van der Waals surface area contributed by atoms with Crippen LogP contribution in [0.25, 0.3) is 0 Å². The highest BCUT2D eigenvalue weighted by atomic mass is 35.5. The number of carbonyl (C=O) groups excluding carboxylic acids is 2. The van der Waals surface area contributed by atoms with E-state index >= 15 is 0 Å². The zero-order chi connectivity index (χ0) is 17.3. The van der Waals surface area contributed by atoms with Crippen molar-refractivity contribution in [1.29, 1.82) is 0 Å².